The first kappa shape index (κ1) is 15.7. The Bertz CT molecular complexity index is 417. The number of unbranched alkanes of at least 4 members (excludes halogenated alkanes) is 2. The molecule has 3 N–H and O–H groups in total. The minimum absolute atomic E-state index is 0.0224. The lowest BCUT2D eigenvalue weighted by atomic mass is 9.87. The van der Waals surface area contributed by atoms with Crippen LogP contribution >= 0.6 is 0 Å². The molecule has 0 fully saturated rings. The van der Waals surface area contributed by atoms with Crippen molar-refractivity contribution in [2.24, 2.45) is 5.41 Å². The van der Waals surface area contributed by atoms with Gasteiger partial charge in [-0.3, -0.25) is 0 Å². The fourth-order valence-corrected chi connectivity index (χ4v) is 2.01. The molecule has 0 amide bonds. The largest absolute Gasteiger partial charge is 0.395 e. The van der Waals surface area contributed by atoms with Gasteiger partial charge in [-0.2, -0.15) is 0 Å². The standard InChI is InChI=1S/C15H24F2N2/c1-4-5-6-7-15(2,3)10-19-13-9-11(16)8-12(17)14(13)18/h8-9,19H,4-7,10,18H2,1-3H3. The van der Waals surface area contributed by atoms with E-state index in [-0.39, 0.29) is 11.1 Å². The molecule has 0 radical (unpaired) electrons. The van der Waals surface area contributed by atoms with Crippen LogP contribution in [0.4, 0.5) is 20.2 Å². The Hall–Kier alpha value is -1.32. The van der Waals surface area contributed by atoms with Crippen LogP contribution in [-0.2, 0) is 0 Å². The summed E-state index contributed by atoms with van der Waals surface area (Å²) in [6.07, 6.45) is 4.63. The fraction of sp³-hybridized carbons (Fsp3) is 0.600. The molecule has 4 heteroatoms. The van der Waals surface area contributed by atoms with Gasteiger partial charge in [0.15, 0.2) is 5.82 Å². The van der Waals surface area contributed by atoms with Crippen LogP contribution in [-0.4, -0.2) is 6.54 Å². The number of hydrogen-bond acceptors (Lipinski definition) is 2. The summed E-state index contributed by atoms with van der Waals surface area (Å²) in [6.45, 7) is 7.09. The number of nitrogens with one attached hydrogen (secondary N) is 1. The van der Waals surface area contributed by atoms with Crippen molar-refractivity contribution in [2.75, 3.05) is 17.6 Å². The Balaban J connectivity index is 2.61. The van der Waals surface area contributed by atoms with Gasteiger partial charge in [-0.05, 0) is 17.9 Å². The van der Waals surface area contributed by atoms with Gasteiger partial charge in [-0.25, -0.2) is 8.78 Å². The molecule has 1 rings (SSSR count). The number of anilines is 2. The topological polar surface area (TPSA) is 38.0 Å². The van der Waals surface area contributed by atoms with E-state index in [1.807, 2.05) is 0 Å². The van der Waals surface area contributed by atoms with Gasteiger partial charge >= 0.3 is 0 Å². The monoisotopic (exact) mass is 270 g/mol. The van der Waals surface area contributed by atoms with Crippen LogP contribution in [0.3, 0.4) is 0 Å². The predicted octanol–water partition coefficient (Wildman–Crippen LogP) is 4.57. The van der Waals surface area contributed by atoms with Crippen LogP contribution in [0.2, 0.25) is 0 Å². The Morgan fingerprint density at radius 1 is 1.21 bits per heavy atom. The van der Waals surface area contributed by atoms with Crippen LogP contribution in [0.15, 0.2) is 12.1 Å². The third kappa shape index (κ3) is 5.05. The number of hydrogen-bond donors (Lipinski definition) is 2. The second-order valence-corrected chi connectivity index (χ2v) is 5.82. The van der Waals surface area contributed by atoms with Gasteiger partial charge < -0.3 is 11.1 Å². The Morgan fingerprint density at radius 3 is 2.53 bits per heavy atom. The SMILES string of the molecule is CCCCCC(C)(C)CNc1cc(F)cc(F)c1N. The number of nitrogens with two attached hydrogens (primary N) is 1. The summed E-state index contributed by atoms with van der Waals surface area (Å²) in [5, 5.41) is 3.06. The van der Waals surface area contributed by atoms with Gasteiger partial charge in [-0.1, -0.05) is 40.0 Å². The summed E-state index contributed by atoms with van der Waals surface area (Å²) in [4.78, 5) is 0. The summed E-state index contributed by atoms with van der Waals surface area (Å²) in [7, 11) is 0. The molecule has 0 aliphatic carbocycles. The normalized spacial score (nSPS) is 11.6. The van der Waals surface area contributed by atoms with Crippen molar-refractivity contribution in [3.05, 3.63) is 23.8 Å². The molecule has 0 saturated carbocycles. The van der Waals surface area contributed by atoms with Crippen LogP contribution in [0.1, 0.15) is 46.5 Å². The summed E-state index contributed by atoms with van der Waals surface area (Å²) in [5.41, 5.74) is 5.98. The third-order valence-corrected chi connectivity index (χ3v) is 3.31. The third-order valence-electron chi connectivity index (χ3n) is 3.31. The molecular formula is C15H24F2N2. The average molecular weight is 270 g/mol. The molecule has 0 unspecified atom stereocenters. The Kier molecular flexibility index (Phi) is 5.58. The van der Waals surface area contributed by atoms with Crippen molar-refractivity contribution in [1.29, 1.82) is 0 Å². The van der Waals surface area contributed by atoms with E-state index in [0.29, 0.717) is 12.2 Å². The van der Waals surface area contributed by atoms with Gasteiger partial charge in [0.2, 0.25) is 0 Å². The molecule has 0 bridgehead atoms. The van der Waals surface area contributed by atoms with Crippen molar-refractivity contribution in [3.63, 3.8) is 0 Å². The number of rotatable bonds is 7. The maximum Gasteiger partial charge on any atom is 0.151 e. The highest BCUT2D eigenvalue weighted by molar-refractivity contribution is 5.66. The van der Waals surface area contributed by atoms with Crippen molar-refractivity contribution in [3.8, 4) is 0 Å². The molecule has 2 nitrogen and oxygen atoms in total. The molecule has 0 aliphatic heterocycles. The highest BCUT2D eigenvalue weighted by atomic mass is 19.1. The van der Waals surface area contributed by atoms with Crippen molar-refractivity contribution >= 4 is 11.4 Å². The lowest BCUT2D eigenvalue weighted by molar-refractivity contribution is 0.342. The van der Waals surface area contributed by atoms with Crippen molar-refractivity contribution < 1.29 is 8.78 Å². The number of benzene rings is 1. The summed E-state index contributed by atoms with van der Waals surface area (Å²) in [6, 6.07) is 2.04. The maximum absolute atomic E-state index is 13.3. The first-order valence-electron chi connectivity index (χ1n) is 6.84. The molecule has 0 atom stereocenters. The molecule has 0 heterocycles. The van der Waals surface area contributed by atoms with E-state index in [1.54, 1.807) is 0 Å². The van der Waals surface area contributed by atoms with Gasteiger partial charge in [0.05, 0.1) is 11.4 Å². The van der Waals surface area contributed by atoms with E-state index in [1.165, 1.54) is 18.9 Å². The lowest BCUT2D eigenvalue weighted by Gasteiger charge is -2.26. The molecule has 1 aromatic rings. The number of nitrogen functional groups attached to an aromatic ring is 1. The molecule has 0 spiro atoms. The minimum atomic E-state index is -0.716. The van der Waals surface area contributed by atoms with Crippen LogP contribution in [0, 0.1) is 17.0 Å². The van der Waals surface area contributed by atoms with Gasteiger partial charge in [0.25, 0.3) is 0 Å². The zero-order valence-corrected chi connectivity index (χ0v) is 12.0. The quantitative estimate of drug-likeness (QED) is 0.563. The average Bonchev–Trinajstić information content (AvgIpc) is 2.32. The minimum Gasteiger partial charge on any atom is -0.395 e. The van der Waals surface area contributed by atoms with Gasteiger partial charge in [-0.15, -0.1) is 0 Å². The van der Waals surface area contributed by atoms with E-state index >= 15 is 0 Å². The van der Waals surface area contributed by atoms with E-state index in [2.05, 4.69) is 26.1 Å². The summed E-state index contributed by atoms with van der Waals surface area (Å²) < 4.78 is 26.4. The van der Waals surface area contributed by atoms with Crippen LogP contribution in [0.25, 0.3) is 0 Å². The van der Waals surface area contributed by atoms with E-state index in [4.69, 9.17) is 5.73 Å². The molecule has 108 valence electrons. The molecule has 0 saturated heterocycles. The highest BCUT2D eigenvalue weighted by Gasteiger charge is 2.18. The second kappa shape index (κ2) is 6.73. The molecule has 0 aliphatic rings. The molecule has 1 aromatic carbocycles. The van der Waals surface area contributed by atoms with E-state index in [0.717, 1.165) is 18.9 Å². The van der Waals surface area contributed by atoms with E-state index in [9.17, 15) is 8.78 Å². The van der Waals surface area contributed by atoms with Gasteiger partial charge in [0, 0.05) is 12.6 Å². The summed E-state index contributed by atoms with van der Waals surface area (Å²) >= 11 is 0. The predicted molar refractivity (Wildman–Crippen MR) is 77.2 cm³/mol. The van der Waals surface area contributed by atoms with E-state index < -0.39 is 11.6 Å². The highest BCUT2D eigenvalue weighted by Crippen LogP contribution is 2.28. The van der Waals surface area contributed by atoms with Gasteiger partial charge in [0.1, 0.15) is 5.82 Å². The fourth-order valence-electron chi connectivity index (χ4n) is 2.01. The van der Waals surface area contributed by atoms with Crippen LogP contribution < -0.4 is 11.1 Å². The smallest absolute Gasteiger partial charge is 0.151 e. The summed E-state index contributed by atoms with van der Waals surface area (Å²) in [5.74, 6) is -1.33. The zero-order valence-electron chi connectivity index (χ0n) is 12.0. The lowest BCUT2D eigenvalue weighted by Crippen LogP contribution is -2.23. The van der Waals surface area contributed by atoms with Crippen LogP contribution in [0.5, 0.6) is 0 Å². The first-order chi connectivity index (χ1) is 8.85. The Labute approximate surface area is 114 Å². The zero-order chi connectivity index (χ0) is 14.5. The second-order valence-electron chi connectivity index (χ2n) is 5.82. The van der Waals surface area contributed by atoms with Crippen molar-refractivity contribution in [2.45, 2.75) is 46.5 Å². The number of halogens is 2. The molecule has 0 aromatic heterocycles. The molecular weight excluding hydrogens is 246 g/mol. The Morgan fingerprint density at radius 2 is 1.89 bits per heavy atom. The molecule has 19 heavy (non-hydrogen) atoms. The maximum atomic E-state index is 13.3. The van der Waals surface area contributed by atoms with Crippen molar-refractivity contribution in [1.82, 2.24) is 0 Å². The first-order valence-corrected chi connectivity index (χ1v) is 6.84.